The van der Waals surface area contributed by atoms with Crippen molar-refractivity contribution in [1.82, 2.24) is 0 Å². The molecule has 0 aliphatic carbocycles. The number of hydrogen-bond acceptors (Lipinski definition) is 3. The zero-order chi connectivity index (χ0) is 9.14. The molecular weight excluding hydrogens is 156 g/mol. The highest BCUT2D eigenvalue weighted by Crippen LogP contribution is 2.24. The fourth-order valence-electron chi connectivity index (χ4n) is 1.02. The number of hydrogen-bond donors (Lipinski definition) is 1. The smallest absolute Gasteiger partial charge is 0.342 e. The summed E-state index contributed by atoms with van der Waals surface area (Å²) in [4.78, 5) is 16.0. The summed E-state index contributed by atoms with van der Waals surface area (Å²) in [6.45, 7) is 1.80. The molecular formula is C8H11N2O2+. The number of nitrogens with zero attached hydrogens (tertiary/aromatic N) is 1. The second-order valence-electron chi connectivity index (χ2n) is 2.45. The van der Waals surface area contributed by atoms with Crippen LogP contribution in [0.4, 0.5) is 11.4 Å². The minimum absolute atomic E-state index is 0.375. The molecule has 0 aliphatic heterocycles. The molecule has 0 unspecified atom stereocenters. The van der Waals surface area contributed by atoms with Gasteiger partial charge in [0.2, 0.25) is 0 Å². The van der Waals surface area contributed by atoms with Crippen LogP contribution >= 0.6 is 0 Å². The summed E-state index contributed by atoms with van der Waals surface area (Å²) in [6.07, 6.45) is 0. The van der Waals surface area contributed by atoms with E-state index in [1.54, 1.807) is 25.1 Å². The monoisotopic (exact) mass is 167 g/mol. The summed E-state index contributed by atoms with van der Waals surface area (Å²) < 4.78 is 0. The molecule has 0 saturated carbocycles. The lowest BCUT2D eigenvalue weighted by Gasteiger charge is -1.96. The van der Waals surface area contributed by atoms with E-state index in [-0.39, 0.29) is 0 Å². The van der Waals surface area contributed by atoms with E-state index in [4.69, 9.17) is 5.73 Å². The van der Waals surface area contributed by atoms with Gasteiger partial charge in [-0.2, -0.15) is 0 Å². The van der Waals surface area contributed by atoms with Crippen LogP contribution < -0.4 is 5.73 Å². The number of aryl methyl sites for hydroxylation is 1. The van der Waals surface area contributed by atoms with Crippen LogP contribution in [-0.2, 0) is 4.84 Å². The SMILES string of the molecule is CO[N+](=O)c1c(C)cccc1N. The molecule has 0 fully saturated rings. The fourth-order valence-corrected chi connectivity index (χ4v) is 1.02. The third-order valence-corrected chi connectivity index (χ3v) is 1.62. The Morgan fingerprint density at radius 1 is 1.50 bits per heavy atom. The van der Waals surface area contributed by atoms with E-state index in [1.165, 1.54) is 7.11 Å². The maximum Gasteiger partial charge on any atom is 0.342 e. The van der Waals surface area contributed by atoms with Gasteiger partial charge in [-0.1, -0.05) is 12.1 Å². The zero-order valence-corrected chi connectivity index (χ0v) is 7.07. The Balaban J connectivity index is 3.21. The van der Waals surface area contributed by atoms with E-state index in [0.29, 0.717) is 16.3 Å². The minimum Gasteiger partial charge on any atom is -0.393 e. The van der Waals surface area contributed by atoms with E-state index in [9.17, 15) is 4.91 Å². The zero-order valence-electron chi connectivity index (χ0n) is 7.07. The third-order valence-electron chi connectivity index (χ3n) is 1.62. The van der Waals surface area contributed by atoms with Gasteiger partial charge in [0.15, 0.2) is 7.11 Å². The van der Waals surface area contributed by atoms with E-state index in [2.05, 4.69) is 4.84 Å². The molecule has 0 atom stereocenters. The Labute approximate surface area is 70.5 Å². The van der Waals surface area contributed by atoms with Crippen LogP contribution in [0, 0.1) is 11.8 Å². The van der Waals surface area contributed by atoms with Gasteiger partial charge in [-0.15, -0.1) is 0 Å². The average molecular weight is 167 g/mol. The molecule has 4 heteroatoms. The molecule has 0 bridgehead atoms. The van der Waals surface area contributed by atoms with E-state index in [1.807, 2.05) is 0 Å². The van der Waals surface area contributed by atoms with Crippen LogP contribution in [0.2, 0.25) is 0 Å². The van der Waals surface area contributed by atoms with Gasteiger partial charge in [-0.3, -0.25) is 0 Å². The molecule has 4 nitrogen and oxygen atoms in total. The van der Waals surface area contributed by atoms with Gasteiger partial charge in [0.25, 0.3) is 4.92 Å². The summed E-state index contributed by atoms with van der Waals surface area (Å²) >= 11 is 0. The first kappa shape index (κ1) is 8.52. The summed E-state index contributed by atoms with van der Waals surface area (Å²) in [6, 6.07) is 5.25. The second kappa shape index (κ2) is 3.21. The van der Waals surface area contributed by atoms with Crippen LogP contribution in [0.1, 0.15) is 5.56 Å². The van der Waals surface area contributed by atoms with Gasteiger partial charge in [0, 0.05) is 5.56 Å². The normalized spacial score (nSPS) is 9.50. The molecule has 0 radical (unpaired) electrons. The molecule has 1 aromatic carbocycles. The topological polar surface area (TPSA) is 55.3 Å². The van der Waals surface area contributed by atoms with E-state index >= 15 is 0 Å². The minimum atomic E-state index is 0.375. The molecule has 1 rings (SSSR count). The van der Waals surface area contributed by atoms with Crippen LogP contribution in [0.5, 0.6) is 0 Å². The molecule has 0 aromatic heterocycles. The van der Waals surface area contributed by atoms with Crippen molar-refractivity contribution >= 4 is 11.4 Å². The van der Waals surface area contributed by atoms with Gasteiger partial charge >= 0.3 is 5.69 Å². The number of para-hydroxylation sites is 1. The number of anilines is 1. The fraction of sp³-hybridized carbons (Fsp3) is 0.250. The van der Waals surface area contributed by atoms with Crippen molar-refractivity contribution < 1.29 is 9.76 Å². The van der Waals surface area contributed by atoms with Gasteiger partial charge in [0.1, 0.15) is 5.69 Å². The lowest BCUT2D eigenvalue weighted by Crippen LogP contribution is -2.03. The summed E-state index contributed by atoms with van der Waals surface area (Å²) in [7, 11) is 1.30. The summed E-state index contributed by atoms with van der Waals surface area (Å²) in [5.74, 6) is 0. The van der Waals surface area contributed by atoms with Gasteiger partial charge < -0.3 is 5.73 Å². The van der Waals surface area contributed by atoms with Crippen molar-refractivity contribution in [3.63, 3.8) is 0 Å². The summed E-state index contributed by atoms with van der Waals surface area (Å²) in [5.41, 5.74) is 7.17. The number of rotatable bonds is 2. The van der Waals surface area contributed by atoms with Crippen molar-refractivity contribution in [2.24, 2.45) is 0 Å². The second-order valence-corrected chi connectivity index (χ2v) is 2.45. The Morgan fingerprint density at radius 2 is 2.17 bits per heavy atom. The first-order valence-corrected chi connectivity index (χ1v) is 3.53. The van der Waals surface area contributed by atoms with Crippen molar-refractivity contribution in [1.29, 1.82) is 0 Å². The first-order valence-electron chi connectivity index (χ1n) is 3.53. The molecule has 0 amide bonds. The summed E-state index contributed by atoms with van der Waals surface area (Å²) in [5, 5.41) is 0. The molecule has 2 N–H and O–H groups in total. The average Bonchev–Trinajstić information content (AvgIpc) is 2.03. The molecule has 12 heavy (non-hydrogen) atoms. The molecule has 0 heterocycles. The molecule has 64 valence electrons. The standard InChI is InChI=1S/C8H11N2O2/c1-6-4-3-5-7(9)8(6)10(11)12-2/h3-5H,9H2,1-2H3/q+1. The molecule has 1 aromatic rings. The van der Waals surface area contributed by atoms with Crippen molar-refractivity contribution in [3.05, 3.63) is 28.7 Å². The maximum atomic E-state index is 11.1. The van der Waals surface area contributed by atoms with Gasteiger partial charge in [-0.25, -0.2) is 4.84 Å². The Morgan fingerprint density at radius 3 is 2.67 bits per heavy atom. The van der Waals surface area contributed by atoms with Gasteiger partial charge in [-0.05, 0) is 13.0 Å². The number of nitrogens with two attached hydrogens (primary N) is 1. The predicted octanol–water partition coefficient (Wildman–Crippen LogP) is 1.55. The largest absolute Gasteiger partial charge is 0.393 e. The number of nitrogen functional groups attached to an aromatic ring is 1. The van der Waals surface area contributed by atoms with Crippen molar-refractivity contribution in [3.8, 4) is 0 Å². The maximum absolute atomic E-state index is 11.1. The van der Waals surface area contributed by atoms with Gasteiger partial charge in [0.05, 0.1) is 4.91 Å². The molecule has 0 spiro atoms. The lowest BCUT2D eigenvalue weighted by atomic mass is 10.2. The third kappa shape index (κ3) is 1.37. The highest BCUT2D eigenvalue weighted by molar-refractivity contribution is 5.61. The van der Waals surface area contributed by atoms with Crippen molar-refractivity contribution in [2.45, 2.75) is 6.92 Å². The predicted molar refractivity (Wildman–Crippen MR) is 45.9 cm³/mol. The van der Waals surface area contributed by atoms with Crippen LogP contribution in [0.15, 0.2) is 18.2 Å². The molecule has 0 saturated heterocycles. The van der Waals surface area contributed by atoms with Crippen LogP contribution in [0.3, 0.4) is 0 Å². The first-order chi connectivity index (χ1) is 5.66. The Kier molecular flexibility index (Phi) is 2.28. The Bertz CT molecular complexity index is 290. The van der Waals surface area contributed by atoms with E-state index < -0.39 is 0 Å². The highest BCUT2D eigenvalue weighted by atomic mass is 16.8. The van der Waals surface area contributed by atoms with E-state index in [0.717, 1.165) is 5.56 Å². The van der Waals surface area contributed by atoms with Crippen LogP contribution in [0.25, 0.3) is 0 Å². The van der Waals surface area contributed by atoms with Crippen molar-refractivity contribution in [2.75, 3.05) is 12.8 Å². The Hall–Kier alpha value is -1.58. The number of benzene rings is 1. The highest BCUT2D eigenvalue weighted by Gasteiger charge is 2.21. The quantitative estimate of drug-likeness (QED) is 0.537. The molecule has 0 aliphatic rings. The lowest BCUT2D eigenvalue weighted by molar-refractivity contribution is -0.736. The van der Waals surface area contributed by atoms with Crippen LogP contribution in [-0.4, -0.2) is 12.0 Å².